The zero-order chi connectivity index (χ0) is 14.4. The number of hydrogen-bond donors (Lipinski definition) is 1. The Morgan fingerprint density at radius 1 is 1.30 bits per heavy atom. The van der Waals surface area contributed by atoms with Crippen LogP contribution in [0.25, 0.3) is 0 Å². The van der Waals surface area contributed by atoms with Crippen LogP contribution in [0.4, 0.5) is 5.69 Å². The number of aryl methyl sites for hydroxylation is 1. The van der Waals surface area contributed by atoms with E-state index in [0.29, 0.717) is 16.4 Å². The minimum Gasteiger partial charge on any atom is -0.325 e. The molecule has 1 aromatic heterocycles. The first-order valence-electron chi connectivity index (χ1n) is 5.89. The molecule has 1 aromatic carbocycles. The third-order valence-corrected chi connectivity index (χ3v) is 3.26. The summed E-state index contributed by atoms with van der Waals surface area (Å²) in [5, 5.41) is 12.0. The number of thioether (sulfide) groups is 1. The molecule has 0 atom stereocenters. The minimum atomic E-state index is -0.135. The van der Waals surface area contributed by atoms with Crippen molar-refractivity contribution in [3.63, 3.8) is 0 Å². The first kappa shape index (κ1) is 14.0. The Hall–Kier alpha value is -2.39. The normalized spacial score (nSPS) is 9.80. The van der Waals surface area contributed by atoms with E-state index in [1.54, 1.807) is 36.7 Å². The first-order chi connectivity index (χ1) is 9.67. The average Bonchev–Trinajstić information content (AvgIpc) is 2.47. The zero-order valence-electron chi connectivity index (χ0n) is 10.8. The van der Waals surface area contributed by atoms with Gasteiger partial charge in [0.05, 0.1) is 17.4 Å². The van der Waals surface area contributed by atoms with E-state index in [-0.39, 0.29) is 11.7 Å². The second-order valence-electron chi connectivity index (χ2n) is 4.07. The van der Waals surface area contributed by atoms with Crippen LogP contribution < -0.4 is 5.32 Å². The summed E-state index contributed by atoms with van der Waals surface area (Å²) in [4.78, 5) is 20.0. The molecule has 1 amide bonds. The molecule has 0 aliphatic heterocycles. The molecule has 0 unspecified atom stereocenters. The average molecular weight is 284 g/mol. The molecule has 20 heavy (non-hydrogen) atoms. The van der Waals surface area contributed by atoms with Crippen molar-refractivity contribution in [3.8, 4) is 6.07 Å². The molecular weight excluding hydrogens is 272 g/mol. The summed E-state index contributed by atoms with van der Waals surface area (Å²) < 4.78 is 0. The smallest absolute Gasteiger partial charge is 0.234 e. The monoisotopic (exact) mass is 284 g/mol. The number of carbonyl (C=O) groups excluding carboxylic acids is 1. The number of nitrogens with zero attached hydrogens (tertiary/aromatic N) is 3. The molecular formula is C14H12N4OS. The van der Waals surface area contributed by atoms with Gasteiger partial charge in [-0.3, -0.25) is 4.79 Å². The lowest BCUT2D eigenvalue weighted by Crippen LogP contribution is -2.14. The van der Waals surface area contributed by atoms with E-state index in [9.17, 15) is 4.79 Å². The highest BCUT2D eigenvalue weighted by Gasteiger charge is 2.05. The van der Waals surface area contributed by atoms with Gasteiger partial charge in [-0.15, -0.1) is 0 Å². The molecule has 0 spiro atoms. The van der Waals surface area contributed by atoms with E-state index in [2.05, 4.69) is 15.3 Å². The van der Waals surface area contributed by atoms with E-state index >= 15 is 0 Å². The van der Waals surface area contributed by atoms with Crippen molar-refractivity contribution in [1.82, 2.24) is 9.97 Å². The fourth-order valence-corrected chi connectivity index (χ4v) is 2.00. The van der Waals surface area contributed by atoms with Gasteiger partial charge in [0.15, 0.2) is 5.16 Å². The highest BCUT2D eigenvalue weighted by molar-refractivity contribution is 7.99. The van der Waals surface area contributed by atoms with E-state index in [1.807, 2.05) is 13.0 Å². The summed E-state index contributed by atoms with van der Waals surface area (Å²) in [6, 6.07) is 8.74. The number of nitrogens with one attached hydrogen (secondary N) is 1. The predicted molar refractivity (Wildman–Crippen MR) is 77.3 cm³/mol. The molecule has 0 bridgehead atoms. The molecule has 0 fully saturated rings. The van der Waals surface area contributed by atoms with Crippen LogP contribution in [0.5, 0.6) is 0 Å². The summed E-state index contributed by atoms with van der Waals surface area (Å²) in [5.74, 6) is 0.104. The molecule has 1 N–H and O–H groups in total. The third-order valence-electron chi connectivity index (χ3n) is 2.39. The second kappa shape index (κ2) is 6.68. The lowest BCUT2D eigenvalue weighted by Gasteiger charge is -2.04. The van der Waals surface area contributed by atoms with Gasteiger partial charge in [0.1, 0.15) is 0 Å². The fourth-order valence-electron chi connectivity index (χ4n) is 1.41. The maximum absolute atomic E-state index is 11.8. The topological polar surface area (TPSA) is 78.7 Å². The van der Waals surface area contributed by atoms with Crippen molar-refractivity contribution < 1.29 is 4.79 Å². The van der Waals surface area contributed by atoms with Crippen LogP contribution in [0.2, 0.25) is 0 Å². The minimum absolute atomic E-state index is 0.135. The van der Waals surface area contributed by atoms with Crippen LogP contribution in [-0.4, -0.2) is 21.6 Å². The molecule has 6 heteroatoms. The molecule has 1 heterocycles. The lowest BCUT2D eigenvalue weighted by molar-refractivity contribution is -0.113. The van der Waals surface area contributed by atoms with Gasteiger partial charge in [-0.2, -0.15) is 5.26 Å². The highest BCUT2D eigenvalue weighted by Crippen LogP contribution is 2.13. The lowest BCUT2D eigenvalue weighted by atomic mass is 10.2. The molecule has 0 saturated carbocycles. The molecule has 0 saturated heterocycles. The maximum atomic E-state index is 11.8. The predicted octanol–water partition coefficient (Wildman–Crippen LogP) is 2.39. The van der Waals surface area contributed by atoms with Gasteiger partial charge in [-0.25, -0.2) is 9.97 Å². The standard InChI is InChI=1S/C14H12N4OS/c1-10-7-16-14(17-8-10)20-9-13(19)18-12-4-2-11(6-15)3-5-12/h2-5,7-8H,9H2,1H3,(H,18,19). The van der Waals surface area contributed by atoms with Crippen molar-refractivity contribution in [1.29, 1.82) is 5.26 Å². The van der Waals surface area contributed by atoms with Crippen molar-refractivity contribution in [2.45, 2.75) is 12.1 Å². The first-order valence-corrected chi connectivity index (χ1v) is 6.87. The van der Waals surface area contributed by atoms with Crippen LogP contribution >= 0.6 is 11.8 Å². The van der Waals surface area contributed by atoms with Crippen molar-refractivity contribution in [2.75, 3.05) is 11.1 Å². The maximum Gasteiger partial charge on any atom is 0.234 e. The van der Waals surface area contributed by atoms with Gasteiger partial charge in [0.25, 0.3) is 0 Å². The summed E-state index contributed by atoms with van der Waals surface area (Å²) in [7, 11) is 0. The fraction of sp³-hybridized carbons (Fsp3) is 0.143. The Morgan fingerprint density at radius 2 is 1.95 bits per heavy atom. The van der Waals surface area contributed by atoms with Crippen molar-refractivity contribution in [2.24, 2.45) is 0 Å². The van der Waals surface area contributed by atoms with E-state index in [0.717, 1.165) is 5.56 Å². The highest BCUT2D eigenvalue weighted by atomic mass is 32.2. The van der Waals surface area contributed by atoms with Gasteiger partial charge < -0.3 is 5.32 Å². The Balaban J connectivity index is 1.86. The molecule has 2 rings (SSSR count). The Kier molecular flexibility index (Phi) is 4.69. The number of nitriles is 1. The largest absolute Gasteiger partial charge is 0.325 e. The Labute approximate surface area is 121 Å². The number of hydrogen-bond acceptors (Lipinski definition) is 5. The summed E-state index contributed by atoms with van der Waals surface area (Å²) in [5.41, 5.74) is 2.21. The number of amides is 1. The number of rotatable bonds is 4. The van der Waals surface area contributed by atoms with Crippen LogP contribution in [0.15, 0.2) is 41.8 Å². The van der Waals surface area contributed by atoms with Gasteiger partial charge >= 0.3 is 0 Å². The van der Waals surface area contributed by atoms with Crippen LogP contribution in [0, 0.1) is 18.3 Å². The molecule has 0 radical (unpaired) electrons. The number of aromatic nitrogens is 2. The van der Waals surface area contributed by atoms with E-state index in [1.165, 1.54) is 11.8 Å². The third kappa shape index (κ3) is 4.07. The van der Waals surface area contributed by atoms with Crippen LogP contribution in [0.1, 0.15) is 11.1 Å². The zero-order valence-corrected chi connectivity index (χ0v) is 11.6. The number of carbonyl (C=O) groups is 1. The molecule has 100 valence electrons. The summed E-state index contributed by atoms with van der Waals surface area (Å²) in [6.07, 6.45) is 3.43. The molecule has 0 aliphatic rings. The van der Waals surface area contributed by atoms with Gasteiger partial charge in [-0.05, 0) is 36.8 Å². The molecule has 2 aromatic rings. The Morgan fingerprint density at radius 3 is 2.55 bits per heavy atom. The SMILES string of the molecule is Cc1cnc(SCC(=O)Nc2ccc(C#N)cc2)nc1. The number of anilines is 1. The van der Waals surface area contributed by atoms with Crippen LogP contribution in [-0.2, 0) is 4.79 Å². The van der Waals surface area contributed by atoms with E-state index < -0.39 is 0 Å². The summed E-state index contributed by atoms with van der Waals surface area (Å²) in [6.45, 7) is 1.91. The quantitative estimate of drug-likeness (QED) is 0.689. The van der Waals surface area contributed by atoms with Gasteiger partial charge in [0, 0.05) is 18.1 Å². The van der Waals surface area contributed by atoms with Gasteiger partial charge in [-0.1, -0.05) is 11.8 Å². The van der Waals surface area contributed by atoms with Crippen LogP contribution in [0.3, 0.4) is 0 Å². The van der Waals surface area contributed by atoms with Crippen molar-refractivity contribution in [3.05, 3.63) is 47.8 Å². The second-order valence-corrected chi connectivity index (χ2v) is 5.01. The Bertz CT molecular complexity index is 632. The number of benzene rings is 1. The van der Waals surface area contributed by atoms with Crippen molar-refractivity contribution >= 4 is 23.4 Å². The van der Waals surface area contributed by atoms with E-state index in [4.69, 9.17) is 5.26 Å². The molecule has 0 aliphatic carbocycles. The van der Waals surface area contributed by atoms with Gasteiger partial charge in [0.2, 0.25) is 5.91 Å². The molecule has 5 nitrogen and oxygen atoms in total. The summed E-state index contributed by atoms with van der Waals surface area (Å²) >= 11 is 1.28.